The van der Waals surface area contributed by atoms with Gasteiger partial charge in [-0.25, -0.2) is 9.37 Å². The van der Waals surface area contributed by atoms with E-state index in [2.05, 4.69) is 15.2 Å². The van der Waals surface area contributed by atoms with E-state index in [4.69, 9.17) is 4.74 Å². The fourth-order valence-electron chi connectivity index (χ4n) is 5.10. The third kappa shape index (κ3) is 5.07. The van der Waals surface area contributed by atoms with Crippen LogP contribution in [0.3, 0.4) is 0 Å². The summed E-state index contributed by atoms with van der Waals surface area (Å²) in [6, 6.07) is 13.5. The van der Waals surface area contributed by atoms with Crippen molar-refractivity contribution in [2.24, 2.45) is 0 Å². The number of pyridine rings is 1. The van der Waals surface area contributed by atoms with Gasteiger partial charge in [0, 0.05) is 11.9 Å². The molecule has 44 heavy (non-hydrogen) atoms. The Morgan fingerprint density at radius 3 is 2.66 bits per heavy atom. The molecule has 4 heterocycles. The molecule has 1 aliphatic rings. The number of aryl methyl sites for hydroxylation is 2. The normalized spacial score (nSPS) is 16.3. The molecule has 0 saturated carbocycles. The second-order valence-corrected chi connectivity index (χ2v) is 12.2. The van der Waals surface area contributed by atoms with Crippen molar-refractivity contribution in [2.45, 2.75) is 36.9 Å². The van der Waals surface area contributed by atoms with Crippen LogP contribution >= 0.6 is 23.1 Å². The largest absolute Gasteiger partial charge is 0.505 e. The van der Waals surface area contributed by atoms with E-state index in [1.807, 2.05) is 19.1 Å². The molecule has 1 amide bonds. The predicted molar refractivity (Wildman–Crippen MR) is 165 cm³/mol. The van der Waals surface area contributed by atoms with Crippen LogP contribution in [0.25, 0.3) is 11.4 Å². The van der Waals surface area contributed by atoms with Gasteiger partial charge in [0.25, 0.3) is 5.78 Å². The molecule has 1 atom stereocenters. The predicted octanol–water partition coefficient (Wildman–Crippen LogP) is 5.96. The summed E-state index contributed by atoms with van der Waals surface area (Å²) < 4.78 is 22.0. The van der Waals surface area contributed by atoms with E-state index in [0.717, 1.165) is 16.9 Å². The summed E-state index contributed by atoms with van der Waals surface area (Å²) in [5, 5.41) is 30.6. The lowest BCUT2D eigenvalue weighted by molar-refractivity contribution is -0.132. The molecule has 0 radical (unpaired) electrons. The Bertz CT molecular complexity index is 1970. The molecule has 1 aliphatic heterocycles. The number of Topliss-reactive ketones (excluding diaryl/α,β-unsaturated/α-hetero) is 1. The van der Waals surface area contributed by atoms with E-state index in [-0.39, 0.29) is 46.1 Å². The molecule has 0 aliphatic carbocycles. The van der Waals surface area contributed by atoms with Crippen molar-refractivity contribution >= 4 is 51.3 Å². The van der Waals surface area contributed by atoms with E-state index in [1.165, 1.54) is 34.9 Å². The Morgan fingerprint density at radius 1 is 1.11 bits per heavy atom. The number of imidazole rings is 1. The fourth-order valence-corrected chi connectivity index (χ4v) is 6.96. The lowest BCUT2D eigenvalue weighted by Gasteiger charge is -2.23. The van der Waals surface area contributed by atoms with E-state index < -0.39 is 23.5 Å². The smallest absolute Gasteiger partial charge is 0.301 e. The van der Waals surface area contributed by atoms with Crippen molar-refractivity contribution in [3.8, 4) is 11.5 Å². The first kappa shape index (κ1) is 29.3. The van der Waals surface area contributed by atoms with Crippen molar-refractivity contribution in [3.63, 3.8) is 0 Å². The molecular weight excluding hydrogens is 606 g/mol. The summed E-state index contributed by atoms with van der Waals surface area (Å²) in [6.45, 7) is 5.66. The highest BCUT2D eigenvalue weighted by Crippen LogP contribution is 2.45. The summed E-state index contributed by atoms with van der Waals surface area (Å²) in [6.07, 6.45) is 1.80. The van der Waals surface area contributed by atoms with Crippen LogP contribution in [0.15, 0.2) is 70.7 Å². The van der Waals surface area contributed by atoms with Gasteiger partial charge in [-0.05, 0) is 61.7 Å². The summed E-state index contributed by atoms with van der Waals surface area (Å²) in [5.74, 6) is -2.32. The topological polar surface area (TPSA) is 130 Å². The number of aliphatic hydroxyl groups excluding tert-OH is 1. The summed E-state index contributed by atoms with van der Waals surface area (Å²) >= 11 is 2.30. The number of amides is 1. The maximum atomic E-state index is 14.2. The Hall–Kier alpha value is -4.75. The molecule has 1 unspecified atom stereocenters. The number of aromatic hydroxyl groups is 1. The average Bonchev–Trinajstić information content (AvgIpc) is 3.69. The molecule has 224 valence electrons. The van der Waals surface area contributed by atoms with Crippen LogP contribution in [0, 0.1) is 19.7 Å². The van der Waals surface area contributed by atoms with Crippen molar-refractivity contribution in [1.82, 2.24) is 19.6 Å². The number of benzene rings is 2. The fraction of sp³-hybridized carbons (Fsp3) is 0.194. The van der Waals surface area contributed by atoms with Crippen LogP contribution < -0.4 is 9.64 Å². The standard InChI is InChI=1S/C31H26FN5O5S2/c1-4-42-22-14-18(11-12-21(22)38)25-23(26(39)24-17(3)36-13-7-8-16(2)28(36)33-24)27(40)29(41)37(25)30-34-35-31(44-30)43-15-19-9-5-6-10-20(19)32/h5-14,25,38-39H,4,15H2,1-3H3/b26-23+. The average molecular weight is 632 g/mol. The summed E-state index contributed by atoms with van der Waals surface area (Å²) in [4.78, 5) is 33.2. The minimum Gasteiger partial charge on any atom is -0.505 e. The van der Waals surface area contributed by atoms with Crippen LogP contribution in [0.2, 0.25) is 0 Å². The monoisotopic (exact) mass is 631 g/mol. The number of fused-ring (bicyclic) bond motifs is 1. The Balaban J connectivity index is 1.47. The molecule has 2 N–H and O–H groups in total. The van der Waals surface area contributed by atoms with Gasteiger partial charge >= 0.3 is 5.91 Å². The molecule has 6 rings (SSSR count). The zero-order valence-electron chi connectivity index (χ0n) is 23.8. The zero-order chi connectivity index (χ0) is 31.1. The SMILES string of the molecule is CCOc1cc(C2/C(=C(\O)c3nc4c(C)cccn4c3C)C(=O)C(=O)N2c2nnc(SCc3ccccc3F)s2)ccc1O. The quantitative estimate of drug-likeness (QED) is 0.0700. The second kappa shape index (κ2) is 11.7. The summed E-state index contributed by atoms with van der Waals surface area (Å²) in [5.41, 5.74) is 2.88. The number of halogens is 1. The molecular formula is C31H26FN5O5S2. The number of hydrogen-bond donors (Lipinski definition) is 2. The highest BCUT2D eigenvalue weighted by atomic mass is 32.2. The van der Waals surface area contributed by atoms with Crippen molar-refractivity contribution in [1.29, 1.82) is 0 Å². The number of rotatable bonds is 8. The van der Waals surface area contributed by atoms with Gasteiger partial charge in [0.1, 0.15) is 17.2 Å². The highest BCUT2D eigenvalue weighted by Gasteiger charge is 2.49. The van der Waals surface area contributed by atoms with Crippen LogP contribution in [0.1, 0.15) is 41.0 Å². The van der Waals surface area contributed by atoms with Crippen LogP contribution in [-0.4, -0.2) is 48.1 Å². The van der Waals surface area contributed by atoms with Crippen LogP contribution in [-0.2, 0) is 15.3 Å². The first-order valence-electron chi connectivity index (χ1n) is 13.6. The number of nitrogens with zero attached hydrogens (tertiary/aromatic N) is 5. The maximum Gasteiger partial charge on any atom is 0.301 e. The third-order valence-electron chi connectivity index (χ3n) is 7.26. The molecule has 5 aromatic rings. The molecule has 1 saturated heterocycles. The minimum absolute atomic E-state index is 0.112. The van der Waals surface area contributed by atoms with Crippen molar-refractivity contribution < 1.29 is 28.9 Å². The van der Waals surface area contributed by atoms with E-state index in [9.17, 15) is 24.2 Å². The molecule has 0 bridgehead atoms. The van der Waals surface area contributed by atoms with Gasteiger partial charge in [-0.15, -0.1) is 10.2 Å². The number of ketones is 1. The maximum absolute atomic E-state index is 14.2. The minimum atomic E-state index is -1.14. The molecule has 3 aromatic heterocycles. The highest BCUT2D eigenvalue weighted by molar-refractivity contribution is 8.00. The van der Waals surface area contributed by atoms with Gasteiger partial charge in [-0.1, -0.05) is 53.4 Å². The number of ether oxygens (including phenoxy) is 1. The molecule has 1 fully saturated rings. The third-order valence-corrected chi connectivity index (χ3v) is 9.37. The molecule has 2 aromatic carbocycles. The number of carbonyl (C=O) groups excluding carboxylic acids is 2. The summed E-state index contributed by atoms with van der Waals surface area (Å²) in [7, 11) is 0. The van der Waals surface area contributed by atoms with Gasteiger partial charge in [0.2, 0.25) is 5.13 Å². The van der Waals surface area contributed by atoms with Crippen molar-refractivity contribution in [2.75, 3.05) is 11.5 Å². The molecule has 0 spiro atoms. The molecule has 13 heteroatoms. The lowest BCUT2D eigenvalue weighted by Crippen LogP contribution is -2.29. The van der Waals surface area contributed by atoms with Gasteiger partial charge in [-0.3, -0.25) is 14.5 Å². The van der Waals surface area contributed by atoms with Gasteiger partial charge in [0.05, 0.1) is 23.9 Å². The van der Waals surface area contributed by atoms with E-state index >= 15 is 0 Å². The van der Waals surface area contributed by atoms with Crippen molar-refractivity contribution in [3.05, 3.63) is 100 Å². The van der Waals surface area contributed by atoms with Gasteiger partial charge in [0.15, 0.2) is 21.6 Å². The Labute approximate surface area is 259 Å². The second-order valence-electron chi connectivity index (χ2n) is 9.99. The zero-order valence-corrected chi connectivity index (χ0v) is 25.4. The lowest BCUT2D eigenvalue weighted by atomic mass is 9.96. The van der Waals surface area contributed by atoms with Crippen LogP contribution in [0.5, 0.6) is 11.5 Å². The van der Waals surface area contributed by atoms with Crippen LogP contribution in [0.4, 0.5) is 9.52 Å². The number of thioether (sulfide) groups is 1. The molecule has 10 nitrogen and oxygen atoms in total. The number of aliphatic hydroxyl groups is 1. The number of phenolic OH excluding ortho intramolecular Hbond substituents is 1. The number of hydrogen-bond acceptors (Lipinski definition) is 10. The van der Waals surface area contributed by atoms with E-state index in [1.54, 1.807) is 48.7 Å². The Kier molecular flexibility index (Phi) is 7.82. The number of aromatic nitrogens is 4. The number of anilines is 1. The van der Waals surface area contributed by atoms with E-state index in [0.29, 0.717) is 26.8 Å². The van der Waals surface area contributed by atoms with Gasteiger partial charge in [-0.2, -0.15) is 0 Å². The first-order valence-corrected chi connectivity index (χ1v) is 15.4. The number of carbonyl (C=O) groups is 2. The number of phenols is 1. The first-order chi connectivity index (χ1) is 21.2. The Morgan fingerprint density at radius 2 is 1.91 bits per heavy atom. The van der Waals surface area contributed by atoms with Gasteiger partial charge < -0.3 is 19.4 Å².